The molecule has 0 unspecified atom stereocenters. The zero-order valence-corrected chi connectivity index (χ0v) is 17.1. The molecule has 0 bridgehead atoms. The van der Waals surface area contributed by atoms with E-state index in [9.17, 15) is 9.90 Å². The summed E-state index contributed by atoms with van der Waals surface area (Å²) in [5.41, 5.74) is 1.77. The van der Waals surface area contributed by atoms with E-state index in [0.717, 1.165) is 42.6 Å². The van der Waals surface area contributed by atoms with Crippen molar-refractivity contribution in [1.82, 2.24) is 14.4 Å². The van der Waals surface area contributed by atoms with Crippen molar-refractivity contribution in [3.8, 4) is 5.75 Å². The topological polar surface area (TPSA) is 57.9 Å². The van der Waals surface area contributed by atoms with Gasteiger partial charge < -0.3 is 24.2 Å². The molecule has 0 spiro atoms. The lowest BCUT2D eigenvalue weighted by Crippen LogP contribution is -2.43. The molecule has 1 aromatic carbocycles. The highest BCUT2D eigenvalue weighted by Gasteiger charge is 2.30. The summed E-state index contributed by atoms with van der Waals surface area (Å²) < 4.78 is 8.39. The third-order valence-corrected chi connectivity index (χ3v) is 6.12. The molecular weight excluding hydrogens is 354 g/mol. The smallest absolute Gasteiger partial charge is 0.270 e. The first-order chi connectivity index (χ1) is 13.5. The number of aliphatic hydroxyl groups excluding tert-OH is 1. The van der Waals surface area contributed by atoms with Crippen LogP contribution in [0.15, 0.2) is 24.3 Å². The molecule has 2 aliphatic heterocycles. The second-order valence-corrected chi connectivity index (χ2v) is 8.39. The van der Waals surface area contributed by atoms with Gasteiger partial charge in [-0.2, -0.15) is 0 Å². The Balaban J connectivity index is 1.54. The van der Waals surface area contributed by atoms with E-state index in [1.165, 1.54) is 0 Å². The number of hydrogen-bond donors (Lipinski definition) is 1. The number of ether oxygens (including phenoxy) is 1. The number of nitrogens with zero attached hydrogens (tertiary/aromatic N) is 3. The average Bonchev–Trinajstić information content (AvgIpc) is 3.06. The molecule has 0 radical (unpaired) electrons. The van der Waals surface area contributed by atoms with Gasteiger partial charge >= 0.3 is 0 Å². The first-order valence-corrected chi connectivity index (χ1v) is 10.4. The molecule has 6 nitrogen and oxygen atoms in total. The number of amides is 1. The molecule has 28 heavy (non-hydrogen) atoms. The van der Waals surface area contributed by atoms with Crippen LogP contribution in [-0.2, 0) is 0 Å². The predicted octanol–water partition coefficient (Wildman–Crippen LogP) is 2.90. The number of hydrogen-bond acceptors (Lipinski definition) is 4. The predicted molar refractivity (Wildman–Crippen MR) is 110 cm³/mol. The van der Waals surface area contributed by atoms with Crippen LogP contribution in [0.4, 0.5) is 0 Å². The summed E-state index contributed by atoms with van der Waals surface area (Å²) >= 11 is 0. The zero-order valence-electron chi connectivity index (χ0n) is 17.1. The van der Waals surface area contributed by atoms with Gasteiger partial charge in [-0.25, -0.2) is 0 Å². The molecule has 2 aliphatic rings. The van der Waals surface area contributed by atoms with Crippen molar-refractivity contribution in [3.05, 3.63) is 30.0 Å². The summed E-state index contributed by atoms with van der Waals surface area (Å²) in [5.74, 6) is 0.873. The van der Waals surface area contributed by atoms with Crippen LogP contribution in [0.25, 0.3) is 10.9 Å². The number of carbonyl (C=O) groups excluding carboxylic acids is 1. The van der Waals surface area contributed by atoms with Gasteiger partial charge in [-0.1, -0.05) is 0 Å². The van der Waals surface area contributed by atoms with Crippen LogP contribution in [0, 0.1) is 0 Å². The van der Waals surface area contributed by atoms with E-state index in [1.807, 2.05) is 12.1 Å². The SMILES string of the molecule is CC(C)N1CCC(Oc2ccc3c(c2)cc2n3[C@H](C)CN(CCO)C2=O)CC1. The van der Waals surface area contributed by atoms with E-state index in [0.29, 0.717) is 24.8 Å². The number of piperidine rings is 1. The van der Waals surface area contributed by atoms with Crippen LogP contribution < -0.4 is 4.74 Å². The molecule has 2 aromatic rings. The largest absolute Gasteiger partial charge is 0.490 e. The van der Waals surface area contributed by atoms with E-state index in [1.54, 1.807) is 4.90 Å². The molecule has 1 N–H and O–H groups in total. The normalized spacial score (nSPS) is 21.5. The maximum absolute atomic E-state index is 12.8. The van der Waals surface area contributed by atoms with E-state index >= 15 is 0 Å². The van der Waals surface area contributed by atoms with Gasteiger partial charge in [-0.05, 0) is 57.9 Å². The number of β-amino-alcohol motifs (C(OH)–C–C–N with tert-alkyl or cyclic N) is 1. The number of aromatic nitrogens is 1. The van der Waals surface area contributed by atoms with Gasteiger partial charge in [0.1, 0.15) is 17.5 Å². The van der Waals surface area contributed by atoms with Gasteiger partial charge in [0.15, 0.2) is 0 Å². The Morgan fingerprint density at radius 3 is 2.64 bits per heavy atom. The average molecular weight is 386 g/mol. The molecule has 1 saturated heterocycles. The molecule has 1 fully saturated rings. The summed E-state index contributed by atoms with van der Waals surface area (Å²) in [6.07, 6.45) is 2.35. The molecule has 0 saturated carbocycles. The molecule has 1 amide bonds. The monoisotopic (exact) mass is 385 g/mol. The highest BCUT2D eigenvalue weighted by Crippen LogP contribution is 2.32. The third kappa shape index (κ3) is 3.51. The van der Waals surface area contributed by atoms with Gasteiger partial charge in [-0.15, -0.1) is 0 Å². The second kappa shape index (κ2) is 7.76. The Hall–Kier alpha value is -2.05. The highest BCUT2D eigenvalue weighted by molar-refractivity contribution is 6.00. The number of rotatable bonds is 5. The van der Waals surface area contributed by atoms with E-state index in [4.69, 9.17) is 4.74 Å². The summed E-state index contributed by atoms with van der Waals surface area (Å²) in [6, 6.07) is 8.90. The highest BCUT2D eigenvalue weighted by atomic mass is 16.5. The summed E-state index contributed by atoms with van der Waals surface area (Å²) in [4.78, 5) is 17.0. The lowest BCUT2D eigenvalue weighted by Gasteiger charge is -2.34. The van der Waals surface area contributed by atoms with E-state index < -0.39 is 0 Å². The van der Waals surface area contributed by atoms with Crippen LogP contribution in [-0.4, -0.2) is 70.3 Å². The molecule has 4 rings (SSSR count). The van der Waals surface area contributed by atoms with Crippen LogP contribution in [0.2, 0.25) is 0 Å². The quantitative estimate of drug-likeness (QED) is 0.860. The van der Waals surface area contributed by atoms with Crippen LogP contribution in [0.1, 0.15) is 50.1 Å². The molecule has 6 heteroatoms. The van der Waals surface area contributed by atoms with E-state index in [2.05, 4.69) is 42.4 Å². The molecule has 1 aromatic heterocycles. The lowest BCUT2D eigenvalue weighted by atomic mass is 10.1. The number of aliphatic hydroxyl groups is 1. The molecule has 0 aliphatic carbocycles. The Morgan fingerprint density at radius 1 is 1.21 bits per heavy atom. The van der Waals surface area contributed by atoms with Crippen molar-refractivity contribution in [2.45, 2.75) is 51.8 Å². The van der Waals surface area contributed by atoms with Crippen molar-refractivity contribution in [2.24, 2.45) is 0 Å². The summed E-state index contributed by atoms with van der Waals surface area (Å²) in [7, 11) is 0. The van der Waals surface area contributed by atoms with Crippen molar-refractivity contribution in [2.75, 3.05) is 32.8 Å². The Morgan fingerprint density at radius 2 is 1.96 bits per heavy atom. The van der Waals surface area contributed by atoms with Crippen LogP contribution in [0.5, 0.6) is 5.75 Å². The first kappa shape index (κ1) is 19.3. The molecular formula is C22H31N3O3. The number of benzene rings is 1. The van der Waals surface area contributed by atoms with E-state index in [-0.39, 0.29) is 24.7 Å². The van der Waals surface area contributed by atoms with Gasteiger partial charge in [0.25, 0.3) is 5.91 Å². The second-order valence-electron chi connectivity index (χ2n) is 8.39. The van der Waals surface area contributed by atoms with Gasteiger partial charge in [0, 0.05) is 49.2 Å². The van der Waals surface area contributed by atoms with Crippen molar-refractivity contribution < 1.29 is 14.6 Å². The van der Waals surface area contributed by atoms with Crippen molar-refractivity contribution in [1.29, 1.82) is 0 Å². The van der Waals surface area contributed by atoms with Gasteiger partial charge in [0.05, 0.1) is 6.61 Å². The molecule has 3 heterocycles. The molecule has 152 valence electrons. The van der Waals surface area contributed by atoms with Gasteiger partial charge in [0.2, 0.25) is 0 Å². The maximum atomic E-state index is 12.8. The fourth-order valence-electron chi connectivity index (χ4n) is 4.59. The van der Waals surface area contributed by atoms with Crippen LogP contribution >= 0.6 is 0 Å². The summed E-state index contributed by atoms with van der Waals surface area (Å²) in [6.45, 7) is 9.77. The Labute approximate surface area is 166 Å². The lowest BCUT2D eigenvalue weighted by molar-refractivity contribution is 0.0641. The third-order valence-electron chi connectivity index (χ3n) is 6.12. The maximum Gasteiger partial charge on any atom is 0.270 e. The van der Waals surface area contributed by atoms with Crippen molar-refractivity contribution >= 4 is 16.8 Å². The Bertz CT molecular complexity index is 852. The number of fused-ring (bicyclic) bond motifs is 3. The molecule has 1 atom stereocenters. The fraction of sp³-hybridized carbons (Fsp3) is 0.591. The minimum absolute atomic E-state index is 0.00752. The fourth-order valence-corrected chi connectivity index (χ4v) is 4.59. The zero-order chi connectivity index (χ0) is 19.8. The summed E-state index contributed by atoms with van der Waals surface area (Å²) in [5, 5.41) is 10.3. The minimum atomic E-state index is -0.00764. The number of likely N-dealkylation sites (tertiary alicyclic amines) is 1. The van der Waals surface area contributed by atoms with Gasteiger partial charge in [-0.3, -0.25) is 4.79 Å². The number of carbonyl (C=O) groups is 1. The first-order valence-electron chi connectivity index (χ1n) is 10.4. The standard InChI is InChI=1S/C22H31N3O3/c1-15(2)23-8-6-18(7-9-23)28-19-4-5-20-17(12-19)13-21-22(27)24(10-11-26)14-16(3)25(20)21/h4-5,12-13,15-16,18,26H,6-11,14H2,1-3H3/t16-/m1/s1. The van der Waals surface area contributed by atoms with Crippen molar-refractivity contribution in [3.63, 3.8) is 0 Å². The van der Waals surface area contributed by atoms with Crippen LogP contribution in [0.3, 0.4) is 0 Å². The Kier molecular flexibility index (Phi) is 5.34. The minimum Gasteiger partial charge on any atom is -0.490 e.